The number of benzene rings is 6. The third kappa shape index (κ3) is 3.50. The number of rotatable bonds is 3. The molecule has 4 heterocycles. The Hall–Kier alpha value is -5.52. The van der Waals surface area contributed by atoms with Gasteiger partial charge in [0, 0.05) is 77.1 Å². The summed E-state index contributed by atoms with van der Waals surface area (Å²) in [5, 5.41) is 10.6. The van der Waals surface area contributed by atoms with Gasteiger partial charge in [-0.25, -0.2) is 0 Å². The Labute approximate surface area is 256 Å². The smallest absolute Gasteiger partial charge is 0.137 e. The van der Waals surface area contributed by atoms with Crippen molar-refractivity contribution in [3.05, 3.63) is 127 Å². The zero-order chi connectivity index (χ0) is 28.8. The first-order chi connectivity index (χ1) is 21.8. The van der Waals surface area contributed by atoms with Crippen LogP contribution in [0.1, 0.15) is 5.56 Å². The number of hydrogen-bond acceptors (Lipinski definition) is 5. The number of anilines is 4. The molecule has 9 aromatic rings. The summed E-state index contributed by atoms with van der Waals surface area (Å²) < 4.78 is 15.1. The predicted octanol–water partition coefficient (Wildman–Crippen LogP) is 11.8. The van der Waals surface area contributed by atoms with Gasteiger partial charge in [-0.1, -0.05) is 54.6 Å². The van der Waals surface area contributed by atoms with Gasteiger partial charge in [-0.2, -0.15) is 0 Å². The SMILES string of the molecule is C1=Cc2cc3c(cc2NC1)sc1cc(N(c2ccc4c(c2)oc2ccccc24)c2ccc4oc5ccccc5c4c2)ccc13. The molecule has 0 bridgehead atoms. The molecule has 1 aliphatic rings. The number of fused-ring (bicyclic) bond motifs is 10. The van der Waals surface area contributed by atoms with Crippen LogP contribution in [-0.4, -0.2) is 6.54 Å². The van der Waals surface area contributed by atoms with Gasteiger partial charge in [0.15, 0.2) is 0 Å². The molecule has 5 heteroatoms. The van der Waals surface area contributed by atoms with E-state index in [9.17, 15) is 0 Å². The Kier molecular flexibility index (Phi) is 4.90. The molecule has 10 rings (SSSR count). The first-order valence-corrected chi connectivity index (χ1v) is 15.6. The van der Waals surface area contributed by atoms with Crippen LogP contribution in [0.3, 0.4) is 0 Å². The summed E-state index contributed by atoms with van der Waals surface area (Å²) in [6.45, 7) is 0.869. The second-order valence-corrected chi connectivity index (χ2v) is 12.5. The Bertz CT molecular complexity index is 2640. The topological polar surface area (TPSA) is 41.5 Å². The molecule has 0 saturated carbocycles. The fraction of sp³-hybridized carbons (Fsp3) is 0.0256. The van der Waals surface area contributed by atoms with Crippen molar-refractivity contribution in [2.75, 3.05) is 16.8 Å². The van der Waals surface area contributed by atoms with Gasteiger partial charge in [-0.3, -0.25) is 0 Å². The zero-order valence-corrected chi connectivity index (χ0v) is 24.3. The minimum Gasteiger partial charge on any atom is -0.456 e. The van der Waals surface area contributed by atoms with Crippen LogP contribution in [0.25, 0.3) is 70.1 Å². The molecule has 208 valence electrons. The van der Waals surface area contributed by atoms with Crippen molar-refractivity contribution < 1.29 is 8.83 Å². The van der Waals surface area contributed by atoms with E-state index in [2.05, 4.69) is 113 Å². The molecule has 0 radical (unpaired) electrons. The van der Waals surface area contributed by atoms with Crippen molar-refractivity contribution in [1.29, 1.82) is 0 Å². The Morgan fingerprint density at radius 2 is 1.16 bits per heavy atom. The average Bonchev–Trinajstić information content (AvgIpc) is 3.74. The second-order valence-electron chi connectivity index (χ2n) is 11.4. The largest absolute Gasteiger partial charge is 0.456 e. The maximum atomic E-state index is 6.34. The summed E-state index contributed by atoms with van der Waals surface area (Å²) >= 11 is 1.84. The minimum absolute atomic E-state index is 0.869. The standard InChI is InChI=1S/C39H24N2O2S/c1-3-9-34-27(7-1)29-14-11-25(20-37(29)43-34)41(24-13-16-36-31(19-24)28-8-2-4-10-35(28)42-36)26-12-15-30-32-18-23-6-5-17-40-33(23)22-39(32)44-38(30)21-26/h1-16,18-22,40H,17H2. The second kappa shape index (κ2) is 8.99. The van der Waals surface area contributed by atoms with E-state index in [0.29, 0.717) is 0 Å². The van der Waals surface area contributed by atoms with Crippen LogP contribution in [0.4, 0.5) is 22.7 Å². The predicted molar refractivity (Wildman–Crippen MR) is 186 cm³/mol. The quantitative estimate of drug-likeness (QED) is 0.224. The highest BCUT2D eigenvalue weighted by atomic mass is 32.1. The third-order valence-electron chi connectivity index (χ3n) is 8.83. The highest BCUT2D eigenvalue weighted by Crippen LogP contribution is 2.44. The lowest BCUT2D eigenvalue weighted by Gasteiger charge is -2.25. The first kappa shape index (κ1) is 24.0. The van der Waals surface area contributed by atoms with Gasteiger partial charge in [0.2, 0.25) is 0 Å². The van der Waals surface area contributed by atoms with Crippen molar-refractivity contribution in [1.82, 2.24) is 0 Å². The summed E-state index contributed by atoms with van der Waals surface area (Å²) in [6.07, 6.45) is 4.40. The lowest BCUT2D eigenvalue weighted by Crippen LogP contribution is -2.09. The fourth-order valence-corrected chi connectivity index (χ4v) is 7.93. The molecule has 6 aromatic carbocycles. The highest BCUT2D eigenvalue weighted by molar-refractivity contribution is 7.25. The van der Waals surface area contributed by atoms with E-state index in [4.69, 9.17) is 8.83 Å². The molecule has 0 unspecified atom stereocenters. The van der Waals surface area contributed by atoms with E-state index < -0.39 is 0 Å². The maximum absolute atomic E-state index is 6.34. The lowest BCUT2D eigenvalue weighted by molar-refractivity contribution is 0.668. The molecule has 0 atom stereocenters. The molecule has 44 heavy (non-hydrogen) atoms. The van der Waals surface area contributed by atoms with Gasteiger partial charge >= 0.3 is 0 Å². The van der Waals surface area contributed by atoms with E-state index in [1.165, 1.54) is 31.4 Å². The number of furan rings is 2. The number of nitrogens with one attached hydrogen (secondary N) is 1. The number of hydrogen-bond donors (Lipinski definition) is 1. The summed E-state index contributed by atoms with van der Waals surface area (Å²) in [7, 11) is 0. The van der Waals surface area contributed by atoms with E-state index in [1.54, 1.807) is 0 Å². The monoisotopic (exact) mass is 584 g/mol. The molecule has 1 N–H and O–H groups in total. The van der Waals surface area contributed by atoms with E-state index >= 15 is 0 Å². The van der Waals surface area contributed by atoms with Gasteiger partial charge in [0.05, 0.1) is 0 Å². The molecule has 1 aliphatic heterocycles. The van der Waals surface area contributed by atoms with Crippen LogP contribution < -0.4 is 10.2 Å². The summed E-state index contributed by atoms with van der Waals surface area (Å²) in [4.78, 5) is 2.33. The molecule has 0 fully saturated rings. The van der Waals surface area contributed by atoms with Crippen molar-refractivity contribution >= 4 is 104 Å². The summed E-state index contributed by atoms with van der Waals surface area (Å²) in [5.74, 6) is 0. The Morgan fingerprint density at radius 3 is 2.02 bits per heavy atom. The van der Waals surface area contributed by atoms with Gasteiger partial charge in [0.25, 0.3) is 0 Å². The highest BCUT2D eigenvalue weighted by Gasteiger charge is 2.19. The zero-order valence-electron chi connectivity index (χ0n) is 23.5. The molecular weight excluding hydrogens is 561 g/mol. The molecule has 0 amide bonds. The minimum atomic E-state index is 0.869. The molecule has 4 nitrogen and oxygen atoms in total. The van der Waals surface area contributed by atoms with Crippen molar-refractivity contribution in [2.24, 2.45) is 0 Å². The summed E-state index contributed by atoms with van der Waals surface area (Å²) in [6, 6.07) is 40.9. The van der Waals surface area contributed by atoms with Crippen LogP contribution in [0.5, 0.6) is 0 Å². The Balaban J connectivity index is 1.20. The number of thiophene rings is 1. The van der Waals surface area contributed by atoms with Crippen LogP contribution in [0.2, 0.25) is 0 Å². The van der Waals surface area contributed by atoms with E-state index in [1.807, 2.05) is 35.6 Å². The van der Waals surface area contributed by atoms with Gasteiger partial charge in [-0.05, 0) is 72.3 Å². The first-order valence-electron chi connectivity index (χ1n) is 14.8. The van der Waals surface area contributed by atoms with Gasteiger partial charge in [0.1, 0.15) is 22.3 Å². The van der Waals surface area contributed by atoms with Crippen LogP contribution in [-0.2, 0) is 0 Å². The van der Waals surface area contributed by atoms with Crippen molar-refractivity contribution in [2.45, 2.75) is 0 Å². The number of para-hydroxylation sites is 2. The molecule has 0 spiro atoms. The van der Waals surface area contributed by atoms with Crippen LogP contribution >= 0.6 is 11.3 Å². The van der Waals surface area contributed by atoms with Crippen LogP contribution in [0.15, 0.2) is 130 Å². The molecule has 0 saturated heterocycles. The molecular formula is C39H24N2O2S. The Morgan fingerprint density at radius 1 is 0.523 bits per heavy atom. The van der Waals surface area contributed by atoms with E-state index in [0.717, 1.165) is 67.5 Å². The molecule has 3 aromatic heterocycles. The maximum Gasteiger partial charge on any atom is 0.137 e. The van der Waals surface area contributed by atoms with E-state index in [-0.39, 0.29) is 0 Å². The lowest BCUT2D eigenvalue weighted by atomic mass is 10.0. The normalized spacial score (nSPS) is 13.0. The third-order valence-corrected chi connectivity index (χ3v) is 9.95. The fourth-order valence-electron chi connectivity index (χ4n) is 6.77. The molecule has 0 aliphatic carbocycles. The van der Waals surface area contributed by atoms with Crippen molar-refractivity contribution in [3.8, 4) is 0 Å². The van der Waals surface area contributed by atoms with Crippen LogP contribution in [0, 0.1) is 0 Å². The van der Waals surface area contributed by atoms with Gasteiger partial charge < -0.3 is 19.1 Å². The van der Waals surface area contributed by atoms with Crippen molar-refractivity contribution in [3.63, 3.8) is 0 Å². The number of nitrogens with zero attached hydrogens (tertiary/aromatic N) is 1. The van der Waals surface area contributed by atoms with Gasteiger partial charge in [-0.15, -0.1) is 11.3 Å². The average molecular weight is 585 g/mol. The summed E-state index contributed by atoms with van der Waals surface area (Å²) in [5.41, 5.74) is 9.19.